The highest BCUT2D eigenvalue weighted by Crippen LogP contribution is 2.33. The van der Waals surface area contributed by atoms with Gasteiger partial charge in [-0.3, -0.25) is 4.79 Å². The number of nitrogens with one attached hydrogen (secondary N) is 1. The molecular weight excluding hydrogens is 342 g/mol. The van der Waals surface area contributed by atoms with Crippen LogP contribution in [-0.2, 0) is 5.60 Å². The van der Waals surface area contributed by atoms with Crippen LogP contribution < -0.4 is 14.8 Å². The van der Waals surface area contributed by atoms with Crippen LogP contribution in [-0.4, -0.2) is 24.4 Å². The minimum atomic E-state index is -1.44. The summed E-state index contributed by atoms with van der Waals surface area (Å²) in [5, 5.41) is 17.6. The Morgan fingerprint density at radius 2 is 2.12 bits per heavy atom. The van der Waals surface area contributed by atoms with Crippen molar-refractivity contribution in [3.05, 3.63) is 70.3 Å². The van der Waals surface area contributed by atoms with E-state index in [2.05, 4.69) is 5.32 Å². The Bertz CT molecular complexity index is 839. The molecule has 2 aromatic heterocycles. The molecule has 1 aliphatic rings. The normalized spacial score (nSPS) is 14.9. The van der Waals surface area contributed by atoms with E-state index in [0.717, 1.165) is 0 Å². The van der Waals surface area contributed by atoms with E-state index in [1.54, 1.807) is 36.4 Å². The summed E-state index contributed by atoms with van der Waals surface area (Å²) in [5.74, 6) is 1.20. The molecule has 128 valence electrons. The summed E-state index contributed by atoms with van der Waals surface area (Å²) in [5.41, 5.74) is -0.343. The van der Waals surface area contributed by atoms with E-state index in [9.17, 15) is 9.90 Å². The number of fused-ring (bicyclic) bond motifs is 1. The Labute approximate surface area is 147 Å². The molecule has 4 rings (SSSR count). The highest BCUT2D eigenvalue weighted by Gasteiger charge is 2.35. The fraction of sp³-hybridized carbons (Fsp3) is 0.167. The van der Waals surface area contributed by atoms with Gasteiger partial charge in [-0.2, -0.15) is 11.3 Å². The fourth-order valence-corrected chi connectivity index (χ4v) is 3.42. The lowest BCUT2D eigenvalue weighted by Gasteiger charge is -2.25. The van der Waals surface area contributed by atoms with Gasteiger partial charge in [-0.25, -0.2) is 0 Å². The summed E-state index contributed by atoms with van der Waals surface area (Å²) in [6.45, 7) is 0.126. The largest absolute Gasteiger partial charge is 0.466 e. The first-order valence-corrected chi connectivity index (χ1v) is 8.58. The van der Waals surface area contributed by atoms with Crippen molar-refractivity contribution in [3.8, 4) is 11.5 Å². The van der Waals surface area contributed by atoms with Gasteiger partial charge in [0.15, 0.2) is 17.1 Å². The number of hydrogen-bond donors (Lipinski definition) is 2. The molecule has 0 saturated carbocycles. The average molecular weight is 357 g/mol. The van der Waals surface area contributed by atoms with Crippen molar-refractivity contribution in [1.29, 1.82) is 0 Å². The molecule has 0 unspecified atom stereocenters. The van der Waals surface area contributed by atoms with Crippen molar-refractivity contribution < 1.29 is 23.8 Å². The monoisotopic (exact) mass is 357 g/mol. The number of ether oxygens (including phenoxy) is 2. The summed E-state index contributed by atoms with van der Waals surface area (Å²) in [6.07, 6.45) is 1.49. The van der Waals surface area contributed by atoms with Gasteiger partial charge in [0.2, 0.25) is 6.79 Å². The highest BCUT2D eigenvalue weighted by atomic mass is 32.1. The topological polar surface area (TPSA) is 80.9 Å². The summed E-state index contributed by atoms with van der Waals surface area (Å²) >= 11 is 1.46. The smallest absolute Gasteiger partial charge is 0.251 e. The molecule has 1 atom stereocenters. The lowest BCUT2D eigenvalue weighted by Crippen LogP contribution is -2.41. The van der Waals surface area contributed by atoms with Gasteiger partial charge in [0.05, 0.1) is 12.8 Å². The Balaban J connectivity index is 1.55. The van der Waals surface area contributed by atoms with Crippen molar-refractivity contribution in [2.75, 3.05) is 13.3 Å². The molecule has 0 fully saturated rings. The standard InChI is InChI=1S/C18H15NO5S/c20-17(12-3-4-14-15(8-12)24-11-23-14)19-10-18(21,13-5-7-25-9-13)16-2-1-6-22-16/h1-9,21H,10-11H2,(H,19,20)/t18-/m1/s1. The molecule has 0 spiro atoms. The van der Waals surface area contributed by atoms with E-state index in [0.29, 0.717) is 28.4 Å². The van der Waals surface area contributed by atoms with Crippen LogP contribution in [0.3, 0.4) is 0 Å². The maximum absolute atomic E-state index is 12.5. The van der Waals surface area contributed by atoms with Crippen molar-refractivity contribution in [2.45, 2.75) is 5.60 Å². The van der Waals surface area contributed by atoms with Crippen LogP contribution in [0, 0.1) is 0 Å². The lowest BCUT2D eigenvalue weighted by molar-refractivity contribution is 0.0528. The number of carbonyl (C=O) groups is 1. The summed E-state index contributed by atoms with van der Waals surface area (Å²) in [7, 11) is 0. The second kappa shape index (κ2) is 6.27. The summed E-state index contributed by atoms with van der Waals surface area (Å²) in [6, 6.07) is 10.2. The van der Waals surface area contributed by atoms with E-state index in [1.165, 1.54) is 17.6 Å². The maximum Gasteiger partial charge on any atom is 0.251 e. The van der Waals surface area contributed by atoms with Gasteiger partial charge in [0.1, 0.15) is 5.76 Å². The average Bonchev–Trinajstić information content (AvgIpc) is 3.40. The Morgan fingerprint density at radius 3 is 2.88 bits per heavy atom. The first-order valence-electron chi connectivity index (χ1n) is 7.64. The van der Waals surface area contributed by atoms with Gasteiger partial charge < -0.3 is 24.3 Å². The van der Waals surface area contributed by atoms with Crippen LogP contribution in [0.1, 0.15) is 21.7 Å². The van der Waals surface area contributed by atoms with Crippen LogP contribution in [0.25, 0.3) is 0 Å². The molecule has 1 aromatic carbocycles. The van der Waals surface area contributed by atoms with Gasteiger partial charge in [0, 0.05) is 11.1 Å². The number of thiophene rings is 1. The molecule has 1 aliphatic heterocycles. The molecular formula is C18H15NO5S. The van der Waals surface area contributed by atoms with E-state index in [1.807, 2.05) is 10.8 Å². The molecule has 7 heteroatoms. The van der Waals surface area contributed by atoms with Crippen molar-refractivity contribution in [1.82, 2.24) is 5.32 Å². The summed E-state index contributed by atoms with van der Waals surface area (Å²) in [4.78, 5) is 12.5. The van der Waals surface area contributed by atoms with Gasteiger partial charge in [0.25, 0.3) is 5.91 Å². The third-order valence-electron chi connectivity index (χ3n) is 4.07. The zero-order chi connectivity index (χ0) is 17.3. The third kappa shape index (κ3) is 2.88. The lowest BCUT2D eigenvalue weighted by atomic mass is 9.93. The first kappa shape index (κ1) is 15.7. The quantitative estimate of drug-likeness (QED) is 0.734. The van der Waals surface area contributed by atoms with Crippen molar-refractivity contribution in [3.63, 3.8) is 0 Å². The molecule has 0 aliphatic carbocycles. The minimum absolute atomic E-state index is 0.0233. The number of carbonyl (C=O) groups excluding carboxylic acids is 1. The van der Waals surface area contributed by atoms with E-state index in [4.69, 9.17) is 13.9 Å². The zero-order valence-corrected chi connectivity index (χ0v) is 13.9. The fourth-order valence-electron chi connectivity index (χ4n) is 2.69. The van der Waals surface area contributed by atoms with Crippen LogP contribution in [0.5, 0.6) is 11.5 Å². The molecule has 6 nitrogen and oxygen atoms in total. The van der Waals surface area contributed by atoms with Crippen LogP contribution in [0.2, 0.25) is 0 Å². The van der Waals surface area contributed by atoms with E-state index < -0.39 is 5.60 Å². The second-order valence-corrected chi connectivity index (χ2v) is 6.38. The van der Waals surface area contributed by atoms with Crippen LogP contribution >= 0.6 is 11.3 Å². The van der Waals surface area contributed by atoms with Gasteiger partial charge >= 0.3 is 0 Å². The van der Waals surface area contributed by atoms with Crippen LogP contribution in [0.4, 0.5) is 0 Å². The predicted octanol–water partition coefficient (Wildman–Crippen LogP) is 2.74. The number of furan rings is 1. The number of hydrogen-bond acceptors (Lipinski definition) is 6. The molecule has 3 heterocycles. The number of aliphatic hydroxyl groups is 1. The van der Waals surface area contributed by atoms with Crippen molar-refractivity contribution >= 4 is 17.2 Å². The Hall–Kier alpha value is -2.77. The van der Waals surface area contributed by atoms with Crippen molar-refractivity contribution in [2.24, 2.45) is 0 Å². The van der Waals surface area contributed by atoms with Gasteiger partial charge in [-0.05, 0) is 47.2 Å². The Morgan fingerprint density at radius 1 is 1.24 bits per heavy atom. The second-order valence-electron chi connectivity index (χ2n) is 5.60. The maximum atomic E-state index is 12.5. The molecule has 0 bridgehead atoms. The minimum Gasteiger partial charge on any atom is -0.466 e. The van der Waals surface area contributed by atoms with Gasteiger partial charge in [-0.15, -0.1) is 0 Å². The SMILES string of the molecule is O=C(NC[C@@](O)(c1ccsc1)c1ccco1)c1ccc2c(c1)OCO2. The molecule has 0 saturated heterocycles. The summed E-state index contributed by atoms with van der Waals surface area (Å²) < 4.78 is 15.9. The molecule has 25 heavy (non-hydrogen) atoms. The van der Waals surface area contributed by atoms with E-state index in [-0.39, 0.29) is 19.2 Å². The third-order valence-corrected chi connectivity index (χ3v) is 4.75. The number of rotatable bonds is 5. The predicted molar refractivity (Wildman–Crippen MR) is 90.9 cm³/mol. The zero-order valence-electron chi connectivity index (χ0n) is 13.1. The number of benzene rings is 1. The molecule has 3 aromatic rings. The number of amides is 1. The van der Waals surface area contributed by atoms with E-state index >= 15 is 0 Å². The molecule has 2 N–H and O–H groups in total. The molecule has 0 radical (unpaired) electrons. The Kier molecular flexibility index (Phi) is 3.95. The molecule has 1 amide bonds. The van der Waals surface area contributed by atoms with Crippen LogP contribution in [0.15, 0.2) is 57.8 Å². The highest BCUT2D eigenvalue weighted by molar-refractivity contribution is 7.08. The first-order chi connectivity index (χ1) is 12.2. The van der Waals surface area contributed by atoms with Gasteiger partial charge in [-0.1, -0.05) is 0 Å².